The first-order chi connectivity index (χ1) is 13.6. The summed E-state index contributed by atoms with van der Waals surface area (Å²) in [6.45, 7) is 2.74. The third-order valence-corrected chi connectivity index (χ3v) is 7.06. The fourth-order valence-corrected chi connectivity index (χ4v) is 5.34. The number of fused-ring (bicyclic) bond motifs is 2. The summed E-state index contributed by atoms with van der Waals surface area (Å²) in [7, 11) is -3.81. The van der Waals surface area contributed by atoms with Gasteiger partial charge in [-0.05, 0) is 61.7 Å². The number of rotatable bonds is 3. The molecule has 2 aromatic heterocycles. The SMILES string of the molecule is O=S(=O)(c1ccc2c(c1)OCCO2)n1cc(C2CCNCC2)c2cccnc21. The standard InChI is InChI=1S/C20H21N3O4S/c24-28(25,15-3-4-18-19(12-15)27-11-10-26-18)23-13-17(14-5-8-21-9-6-14)16-2-1-7-22-20(16)23/h1-4,7,12-14,21H,5-6,8-11H2. The van der Waals surface area contributed by atoms with Crippen molar-refractivity contribution in [1.29, 1.82) is 0 Å². The highest BCUT2D eigenvalue weighted by molar-refractivity contribution is 7.90. The number of hydrogen-bond donors (Lipinski definition) is 1. The first kappa shape index (κ1) is 17.5. The van der Waals surface area contributed by atoms with Crippen molar-refractivity contribution in [3.05, 3.63) is 48.3 Å². The van der Waals surface area contributed by atoms with E-state index < -0.39 is 10.0 Å². The summed E-state index contributed by atoms with van der Waals surface area (Å²) in [5.41, 5.74) is 1.51. The van der Waals surface area contributed by atoms with E-state index in [1.165, 1.54) is 10.0 Å². The molecular weight excluding hydrogens is 378 g/mol. The third-order valence-electron chi connectivity index (χ3n) is 5.41. The third kappa shape index (κ3) is 2.84. The summed E-state index contributed by atoms with van der Waals surface area (Å²) >= 11 is 0. The van der Waals surface area contributed by atoms with Gasteiger partial charge in [0.05, 0.1) is 4.90 Å². The van der Waals surface area contributed by atoms with Gasteiger partial charge in [0.15, 0.2) is 17.1 Å². The second kappa shape index (κ2) is 6.79. The Hall–Kier alpha value is -2.58. The van der Waals surface area contributed by atoms with Crippen molar-refractivity contribution in [2.24, 2.45) is 0 Å². The summed E-state index contributed by atoms with van der Waals surface area (Å²) in [4.78, 5) is 4.55. The molecule has 0 spiro atoms. The highest BCUT2D eigenvalue weighted by atomic mass is 32.2. The predicted octanol–water partition coefficient (Wildman–Crippen LogP) is 2.51. The molecule has 0 saturated carbocycles. The maximum Gasteiger partial charge on any atom is 0.269 e. The first-order valence-corrected chi connectivity index (χ1v) is 10.9. The van der Waals surface area contributed by atoms with Crippen LogP contribution < -0.4 is 14.8 Å². The van der Waals surface area contributed by atoms with Gasteiger partial charge in [0, 0.05) is 23.8 Å². The maximum atomic E-state index is 13.4. The van der Waals surface area contributed by atoms with Crippen LogP contribution in [0.2, 0.25) is 0 Å². The van der Waals surface area contributed by atoms with Crippen LogP contribution in [0.1, 0.15) is 24.3 Å². The van der Waals surface area contributed by atoms with Crippen molar-refractivity contribution >= 4 is 21.1 Å². The molecule has 1 aromatic carbocycles. The highest BCUT2D eigenvalue weighted by Crippen LogP contribution is 2.36. The monoisotopic (exact) mass is 399 g/mol. The van der Waals surface area contributed by atoms with E-state index >= 15 is 0 Å². The summed E-state index contributed by atoms with van der Waals surface area (Å²) in [5, 5.41) is 4.26. The Balaban J connectivity index is 1.64. The molecule has 1 N–H and O–H groups in total. The molecule has 2 aliphatic heterocycles. The van der Waals surface area contributed by atoms with Crippen LogP contribution in [-0.2, 0) is 10.0 Å². The summed E-state index contributed by atoms with van der Waals surface area (Å²) < 4.78 is 39.3. The minimum Gasteiger partial charge on any atom is -0.486 e. The Kier molecular flexibility index (Phi) is 4.25. The second-order valence-electron chi connectivity index (χ2n) is 7.09. The van der Waals surface area contributed by atoms with E-state index in [9.17, 15) is 8.42 Å². The molecule has 0 aliphatic carbocycles. The van der Waals surface area contributed by atoms with Gasteiger partial charge in [-0.25, -0.2) is 17.4 Å². The van der Waals surface area contributed by atoms with Crippen molar-refractivity contribution in [2.45, 2.75) is 23.7 Å². The molecular formula is C20H21N3O4S. The first-order valence-electron chi connectivity index (χ1n) is 9.46. The largest absolute Gasteiger partial charge is 0.486 e. The molecule has 5 rings (SSSR count). The molecule has 1 fully saturated rings. The number of ether oxygens (including phenoxy) is 2. The van der Waals surface area contributed by atoms with Crippen LogP contribution in [0, 0.1) is 0 Å². The van der Waals surface area contributed by atoms with Crippen molar-refractivity contribution in [1.82, 2.24) is 14.3 Å². The molecule has 8 heteroatoms. The molecule has 3 aromatic rings. The quantitative estimate of drug-likeness (QED) is 0.729. The van der Waals surface area contributed by atoms with E-state index in [4.69, 9.17) is 9.47 Å². The van der Waals surface area contributed by atoms with Gasteiger partial charge in [-0.2, -0.15) is 0 Å². The van der Waals surface area contributed by atoms with Gasteiger partial charge in [0.25, 0.3) is 10.0 Å². The molecule has 1 saturated heterocycles. The van der Waals surface area contributed by atoms with Gasteiger partial charge in [0.1, 0.15) is 13.2 Å². The number of piperidine rings is 1. The minimum atomic E-state index is -3.81. The average molecular weight is 399 g/mol. The van der Waals surface area contributed by atoms with Gasteiger partial charge in [-0.15, -0.1) is 0 Å². The van der Waals surface area contributed by atoms with Crippen LogP contribution in [-0.4, -0.2) is 43.7 Å². The molecule has 0 amide bonds. The van der Waals surface area contributed by atoms with E-state index in [2.05, 4.69) is 10.3 Å². The smallest absolute Gasteiger partial charge is 0.269 e. The van der Waals surface area contributed by atoms with Gasteiger partial charge >= 0.3 is 0 Å². The van der Waals surface area contributed by atoms with E-state index in [0.29, 0.717) is 36.3 Å². The van der Waals surface area contributed by atoms with E-state index in [-0.39, 0.29) is 4.90 Å². The zero-order valence-electron chi connectivity index (χ0n) is 15.3. The molecule has 4 heterocycles. The molecule has 0 atom stereocenters. The summed E-state index contributed by atoms with van der Waals surface area (Å²) in [6, 6.07) is 8.54. The fraction of sp³-hybridized carbons (Fsp3) is 0.350. The Morgan fingerprint density at radius 2 is 1.86 bits per heavy atom. The number of nitrogens with one attached hydrogen (secondary N) is 1. The zero-order valence-corrected chi connectivity index (χ0v) is 16.1. The number of aromatic nitrogens is 2. The molecule has 146 valence electrons. The molecule has 2 aliphatic rings. The van der Waals surface area contributed by atoms with Crippen LogP contribution in [0.4, 0.5) is 0 Å². The number of hydrogen-bond acceptors (Lipinski definition) is 6. The van der Waals surface area contributed by atoms with Gasteiger partial charge in [-0.1, -0.05) is 0 Å². The molecule has 0 radical (unpaired) electrons. The Bertz CT molecular complexity index is 1130. The van der Waals surface area contributed by atoms with E-state index in [1.54, 1.807) is 24.5 Å². The van der Waals surface area contributed by atoms with Crippen LogP contribution >= 0.6 is 0 Å². The Labute approximate surface area is 163 Å². The molecule has 28 heavy (non-hydrogen) atoms. The summed E-state index contributed by atoms with van der Waals surface area (Å²) in [5.74, 6) is 1.34. The second-order valence-corrected chi connectivity index (χ2v) is 8.90. The number of benzene rings is 1. The molecule has 0 bridgehead atoms. The maximum absolute atomic E-state index is 13.4. The van der Waals surface area contributed by atoms with Crippen molar-refractivity contribution in [3.8, 4) is 11.5 Å². The Morgan fingerprint density at radius 1 is 1.07 bits per heavy atom. The lowest BCUT2D eigenvalue weighted by Gasteiger charge is -2.22. The normalized spacial score (nSPS) is 17.7. The number of pyridine rings is 1. The predicted molar refractivity (Wildman–Crippen MR) is 105 cm³/mol. The van der Waals surface area contributed by atoms with Gasteiger partial charge in [-0.3, -0.25) is 0 Å². The molecule has 7 nitrogen and oxygen atoms in total. The molecule has 0 unspecified atom stereocenters. The lowest BCUT2D eigenvalue weighted by molar-refractivity contribution is 0.171. The van der Waals surface area contributed by atoms with Crippen molar-refractivity contribution < 1.29 is 17.9 Å². The van der Waals surface area contributed by atoms with E-state index in [1.807, 2.05) is 12.1 Å². The highest BCUT2D eigenvalue weighted by Gasteiger charge is 2.27. The lowest BCUT2D eigenvalue weighted by Crippen LogP contribution is -2.26. The summed E-state index contributed by atoms with van der Waals surface area (Å²) in [6.07, 6.45) is 5.35. The van der Waals surface area contributed by atoms with Crippen LogP contribution in [0.3, 0.4) is 0 Å². The van der Waals surface area contributed by atoms with Crippen LogP contribution in [0.25, 0.3) is 11.0 Å². The Morgan fingerprint density at radius 3 is 2.68 bits per heavy atom. The average Bonchev–Trinajstić information content (AvgIpc) is 3.14. The zero-order chi connectivity index (χ0) is 19.1. The van der Waals surface area contributed by atoms with Crippen molar-refractivity contribution in [3.63, 3.8) is 0 Å². The van der Waals surface area contributed by atoms with E-state index in [0.717, 1.165) is 36.9 Å². The topological polar surface area (TPSA) is 82.5 Å². The minimum absolute atomic E-state index is 0.163. The van der Waals surface area contributed by atoms with Crippen LogP contribution in [0.15, 0.2) is 47.6 Å². The van der Waals surface area contributed by atoms with Crippen molar-refractivity contribution in [2.75, 3.05) is 26.3 Å². The van der Waals surface area contributed by atoms with Gasteiger partial charge in [0.2, 0.25) is 0 Å². The lowest BCUT2D eigenvalue weighted by atomic mass is 9.90. The van der Waals surface area contributed by atoms with Crippen LogP contribution in [0.5, 0.6) is 11.5 Å². The number of nitrogens with zero attached hydrogens (tertiary/aromatic N) is 2. The fourth-order valence-electron chi connectivity index (χ4n) is 3.99. The van der Waals surface area contributed by atoms with Gasteiger partial charge < -0.3 is 14.8 Å².